The molecule has 2 N–H and O–H groups in total. The second kappa shape index (κ2) is 9.37. The molecule has 3 aromatic rings. The number of aromatic amines is 1. The molecule has 1 saturated heterocycles. The summed E-state index contributed by atoms with van der Waals surface area (Å²) in [6.45, 7) is 3.12. The SMILES string of the molecule is CC1c2c(Cl)cc(Cl)cc2CCN1C(=O)CNc1cc2nc(CN3CC(F)C3)[nH]c(=O)c2cc1F. The predicted octanol–water partition coefficient (Wildman–Crippen LogP) is 4.08. The minimum Gasteiger partial charge on any atom is -0.374 e. The average Bonchev–Trinajstić information content (AvgIpc) is 2.77. The lowest BCUT2D eigenvalue weighted by atomic mass is 9.93. The zero-order valence-corrected chi connectivity index (χ0v) is 20.4. The zero-order valence-electron chi connectivity index (χ0n) is 18.9. The summed E-state index contributed by atoms with van der Waals surface area (Å²) in [5, 5.41) is 4.02. The highest BCUT2D eigenvalue weighted by Crippen LogP contribution is 2.37. The van der Waals surface area contributed by atoms with Crippen LogP contribution in [-0.2, 0) is 17.8 Å². The second-order valence-electron chi connectivity index (χ2n) is 8.98. The Labute approximate surface area is 210 Å². The van der Waals surface area contributed by atoms with Gasteiger partial charge < -0.3 is 15.2 Å². The molecular weight excluding hydrogens is 499 g/mol. The molecule has 0 aliphatic carbocycles. The quantitative estimate of drug-likeness (QED) is 0.528. The van der Waals surface area contributed by atoms with Crippen molar-refractivity contribution in [3.05, 3.63) is 67.4 Å². The van der Waals surface area contributed by atoms with E-state index in [9.17, 15) is 18.4 Å². The van der Waals surface area contributed by atoms with E-state index in [2.05, 4.69) is 15.3 Å². The number of nitrogens with zero attached hydrogens (tertiary/aromatic N) is 3. The van der Waals surface area contributed by atoms with Gasteiger partial charge in [-0.15, -0.1) is 0 Å². The van der Waals surface area contributed by atoms with Crippen molar-refractivity contribution in [2.75, 3.05) is 31.5 Å². The van der Waals surface area contributed by atoms with Gasteiger partial charge in [0.1, 0.15) is 17.8 Å². The number of carbonyl (C=O) groups excluding carboxylic acids is 1. The minimum atomic E-state index is -0.866. The Balaban J connectivity index is 1.32. The Morgan fingerprint density at radius 2 is 2.03 bits per heavy atom. The molecule has 0 radical (unpaired) electrons. The molecule has 2 aromatic carbocycles. The van der Waals surface area contributed by atoms with Gasteiger partial charge in [-0.1, -0.05) is 23.2 Å². The highest BCUT2D eigenvalue weighted by molar-refractivity contribution is 6.35. The number of fused-ring (bicyclic) bond motifs is 2. The van der Waals surface area contributed by atoms with E-state index < -0.39 is 17.5 Å². The molecule has 1 fully saturated rings. The van der Waals surface area contributed by atoms with E-state index >= 15 is 0 Å². The van der Waals surface area contributed by atoms with E-state index in [0.717, 1.165) is 17.2 Å². The summed E-state index contributed by atoms with van der Waals surface area (Å²) >= 11 is 12.5. The van der Waals surface area contributed by atoms with Gasteiger partial charge >= 0.3 is 0 Å². The number of rotatable bonds is 5. The summed E-state index contributed by atoms with van der Waals surface area (Å²) in [7, 11) is 0. The van der Waals surface area contributed by atoms with Crippen molar-refractivity contribution in [3.8, 4) is 0 Å². The van der Waals surface area contributed by atoms with Gasteiger partial charge in [0.2, 0.25) is 5.91 Å². The fraction of sp³-hybridized carbons (Fsp3) is 0.375. The summed E-state index contributed by atoms with van der Waals surface area (Å²) in [6.07, 6.45) is -0.249. The fourth-order valence-electron chi connectivity index (χ4n) is 4.78. The number of nitrogens with one attached hydrogen (secondary N) is 2. The molecule has 1 atom stereocenters. The highest BCUT2D eigenvalue weighted by atomic mass is 35.5. The van der Waals surface area contributed by atoms with E-state index in [0.29, 0.717) is 40.9 Å². The number of amides is 1. The number of benzene rings is 2. The van der Waals surface area contributed by atoms with Crippen molar-refractivity contribution in [3.63, 3.8) is 0 Å². The Morgan fingerprint density at radius 1 is 1.26 bits per heavy atom. The van der Waals surface area contributed by atoms with Crippen LogP contribution in [0.1, 0.15) is 29.9 Å². The number of alkyl halides is 1. The normalized spacial score (nSPS) is 18.4. The number of H-pyrrole nitrogens is 1. The molecule has 1 amide bonds. The maximum atomic E-state index is 14.7. The summed E-state index contributed by atoms with van der Waals surface area (Å²) in [4.78, 5) is 36.0. The van der Waals surface area contributed by atoms with Gasteiger partial charge in [0.25, 0.3) is 5.56 Å². The van der Waals surface area contributed by atoms with Gasteiger partial charge in [-0.3, -0.25) is 14.5 Å². The van der Waals surface area contributed by atoms with Crippen LogP contribution >= 0.6 is 23.2 Å². The molecule has 0 bridgehead atoms. The third-order valence-electron chi connectivity index (χ3n) is 6.57. The van der Waals surface area contributed by atoms with Crippen LogP contribution in [0.2, 0.25) is 10.0 Å². The van der Waals surface area contributed by atoms with Crippen LogP contribution in [0, 0.1) is 5.82 Å². The number of hydrogen-bond acceptors (Lipinski definition) is 5. The van der Waals surface area contributed by atoms with Crippen LogP contribution in [0.4, 0.5) is 14.5 Å². The van der Waals surface area contributed by atoms with E-state index in [-0.39, 0.29) is 42.7 Å². The average molecular weight is 522 g/mol. The van der Waals surface area contributed by atoms with Gasteiger partial charge in [-0.2, -0.15) is 0 Å². The van der Waals surface area contributed by atoms with Crippen molar-refractivity contribution in [2.24, 2.45) is 0 Å². The summed E-state index contributed by atoms with van der Waals surface area (Å²) in [5.74, 6) is -0.504. The van der Waals surface area contributed by atoms with Crippen LogP contribution in [-0.4, -0.2) is 58.0 Å². The first-order valence-electron chi connectivity index (χ1n) is 11.3. The van der Waals surface area contributed by atoms with Crippen LogP contribution < -0.4 is 10.9 Å². The van der Waals surface area contributed by atoms with E-state index in [1.807, 2.05) is 17.9 Å². The Morgan fingerprint density at radius 3 is 2.77 bits per heavy atom. The minimum absolute atomic E-state index is 0.0672. The van der Waals surface area contributed by atoms with E-state index in [1.165, 1.54) is 6.07 Å². The van der Waals surface area contributed by atoms with Gasteiger partial charge in [0.05, 0.1) is 35.7 Å². The maximum absolute atomic E-state index is 14.7. The first kappa shape index (κ1) is 24.0. The van der Waals surface area contributed by atoms with Gasteiger partial charge in [0, 0.05) is 29.7 Å². The third-order valence-corrected chi connectivity index (χ3v) is 7.10. The van der Waals surface area contributed by atoms with Crippen molar-refractivity contribution < 1.29 is 13.6 Å². The van der Waals surface area contributed by atoms with Crippen molar-refractivity contribution in [1.82, 2.24) is 19.8 Å². The topological polar surface area (TPSA) is 81.3 Å². The molecule has 0 spiro atoms. The lowest BCUT2D eigenvalue weighted by Crippen LogP contribution is -2.47. The monoisotopic (exact) mass is 521 g/mol. The molecule has 2 aliphatic heterocycles. The Hall–Kier alpha value is -2.75. The Bertz CT molecular complexity index is 1380. The molecular formula is C24H23Cl2F2N5O2. The third kappa shape index (κ3) is 4.72. The molecule has 5 rings (SSSR count). The number of likely N-dealkylation sites (tertiary alicyclic amines) is 1. The van der Waals surface area contributed by atoms with Crippen LogP contribution in [0.3, 0.4) is 0 Å². The first-order chi connectivity index (χ1) is 16.7. The highest BCUT2D eigenvalue weighted by Gasteiger charge is 2.30. The largest absolute Gasteiger partial charge is 0.374 e. The summed E-state index contributed by atoms with van der Waals surface area (Å²) < 4.78 is 27.8. The molecule has 184 valence electrons. The van der Waals surface area contributed by atoms with Crippen molar-refractivity contribution >= 4 is 45.7 Å². The van der Waals surface area contributed by atoms with Crippen molar-refractivity contribution in [2.45, 2.75) is 32.1 Å². The maximum Gasteiger partial charge on any atom is 0.258 e. The van der Waals surface area contributed by atoms with Gasteiger partial charge in [-0.25, -0.2) is 13.8 Å². The van der Waals surface area contributed by atoms with Crippen LogP contribution in [0.25, 0.3) is 10.9 Å². The van der Waals surface area contributed by atoms with Gasteiger partial charge in [-0.05, 0) is 48.7 Å². The van der Waals surface area contributed by atoms with Gasteiger partial charge in [0.15, 0.2) is 0 Å². The van der Waals surface area contributed by atoms with Crippen LogP contribution in [0.5, 0.6) is 0 Å². The summed E-state index contributed by atoms with van der Waals surface area (Å²) in [5.41, 5.74) is 1.77. The second-order valence-corrected chi connectivity index (χ2v) is 9.82. The number of aromatic nitrogens is 2. The standard InChI is InChI=1S/C24H23Cl2F2N5O2/c1-12-23-13(4-14(25)5-17(23)26)2-3-33(12)22(34)8-29-20-7-19-16(6-18(20)28)24(35)31-21(30-19)11-32-9-15(27)10-32/h4-7,12,15,29H,2-3,8-11H2,1H3,(H,30,31,35). The lowest BCUT2D eigenvalue weighted by Gasteiger charge is -2.36. The molecule has 0 saturated carbocycles. The number of halogens is 4. The summed E-state index contributed by atoms with van der Waals surface area (Å²) in [6, 6.07) is 5.79. The number of anilines is 1. The number of hydrogen-bond donors (Lipinski definition) is 2. The van der Waals surface area contributed by atoms with Crippen LogP contribution in [0.15, 0.2) is 29.1 Å². The number of carbonyl (C=O) groups is 1. The Kier molecular flexibility index (Phi) is 6.41. The molecule has 1 aromatic heterocycles. The zero-order chi connectivity index (χ0) is 24.9. The van der Waals surface area contributed by atoms with Crippen molar-refractivity contribution in [1.29, 1.82) is 0 Å². The smallest absolute Gasteiger partial charge is 0.258 e. The molecule has 11 heteroatoms. The fourth-order valence-corrected chi connectivity index (χ4v) is 5.48. The molecule has 2 aliphatic rings. The molecule has 35 heavy (non-hydrogen) atoms. The predicted molar refractivity (Wildman–Crippen MR) is 131 cm³/mol. The molecule has 3 heterocycles. The lowest BCUT2D eigenvalue weighted by molar-refractivity contribution is -0.131. The molecule has 1 unspecified atom stereocenters. The first-order valence-corrected chi connectivity index (χ1v) is 12.0. The van der Waals surface area contributed by atoms with E-state index in [4.69, 9.17) is 23.2 Å². The van der Waals surface area contributed by atoms with E-state index in [1.54, 1.807) is 11.0 Å². The molecule has 7 nitrogen and oxygen atoms in total.